The van der Waals surface area contributed by atoms with Gasteiger partial charge in [0.15, 0.2) is 5.82 Å². The molecular formula is C18H24F3N3. The molecule has 0 bridgehead atoms. The summed E-state index contributed by atoms with van der Waals surface area (Å²) in [6.45, 7) is 12.3. The van der Waals surface area contributed by atoms with Gasteiger partial charge >= 0.3 is 6.18 Å². The first kappa shape index (κ1) is 21.5. The number of rotatable bonds is 6. The quantitative estimate of drug-likeness (QED) is 0.655. The van der Waals surface area contributed by atoms with Crippen molar-refractivity contribution in [3.05, 3.63) is 59.9 Å². The Balaban J connectivity index is 0.00000254. The number of anilines is 1. The van der Waals surface area contributed by atoms with E-state index in [0.29, 0.717) is 29.1 Å². The number of nitrogens with zero attached hydrogens (tertiary/aromatic N) is 1. The van der Waals surface area contributed by atoms with Crippen LogP contribution in [0.2, 0.25) is 0 Å². The third-order valence-corrected chi connectivity index (χ3v) is 2.96. The highest BCUT2D eigenvalue weighted by molar-refractivity contribution is 5.69. The van der Waals surface area contributed by atoms with Crippen LogP contribution < -0.4 is 5.73 Å². The summed E-state index contributed by atoms with van der Waals surface area (Å²) >= 11 is 0. The van der Waals surface area contributed by atoms with Gasteiger partial charge in [-0.15, -0.1) is 0 Å². The van der Waals surface area contributed by atoms with Gasteiger partial charge in [0.1, 0.15) is 0 Å². The molecule has 0 saturated carbocycles. The first-order valence-electron chi connectivity index (χ1n) is 7.49. The summed E-state index contributed by atoms with van der Waals surface area (Å²) in [6.07, 6.45) is 5.18. The minimum Gasteiger partial charge on any atom is -0.382 e. The van der Waals surface area contributed by atoms with Crippen LogP contribution in [0.15, 0.2) is 48.6 Å². The smallest absolute Gasteiger partial charge is 0.382 e. The van der Waals surface area contributed by atoms with E-state index in [-0.39, 0.29) is 0 Å². The van der Waals surface area contributed by atoms with Crippen molar-refractivity contribution in [2.75, 3.05) is 5.73 Å². The van der Waals surface area contributed by atoms with Gasteiger partial charge in [-0.25, -0.2) is 0 Å². The Morgan fingerprint density at radius 1 is 1.25 bits per heavy atom. The zero-order chi connectivity index (χ0) is 18.8. The van der Waals surface area contributed by atoms with Crippen LogP contribution in [-0.2, 0) is 0 Å². The van der Waals surface area contributed by atoms with E-state index < -0.39 is 11.7 Å². The molecule has 132 valence electrons. The average molecular weight is 339 g/mol. The molecule has 0 aliphatic heterocycles. The molecule has 1 rings (SSSR count). The highest BCUT2D eigenvalue weighted by atomic mass is 19.4. The zero-order valence-corrected chi connectivity index (χ0v) is 14.2. The number of hydrogen-bond acceptors (Lipinski definition) is 2. The normalized spacial score (nSPS) is 12.8. The maximum absolute atomic E-state index is 12.4. The number of hydrogen-bond donors (Lipinski definition) is 2. The van der Waals surface area contributed by atoms with Gasteiger partial charge in [0.05, 0.1) is 5.69 Å². The second-order valence-electron chi connectivity index (χ2n) is 4.54. The van der Waals surface area contributed by atoms with Gasteiger partial charge < -0.3 is 5.73 Å². The topological polar surface area (TPSA) is 54.7 Å². The van der Waals surface area contributed by atoms with Crippen molar-refractivity contribution in [2.24, 2.45) is 0 Å². The Morgan fingerprint density at radius 3 is 2.38 bits per heavy atom. The molecule has 1 aromatic rings. The molecule has 0 aromatic carbocycles. The molecule has 1 heterocycles. The standard InChI is InChI=1S/C16H18F3N3.C2H6/c1-4-12(10-9-11(3)16(17,18)19)7-6-8-14-13(5-2)15(20)22-21-14;1-2/h4-6,8-10H,1-2,7H2,3H3,(H3,20,21,22);1-2H3/b8-6-,11-9+,12-10+;. The number of aromatic amines is 1. The van der Waals surface area contributed by atoms with Crippen molar-refractivity contribution >= 4 is 18.0 Å². The molecule has 0 saturated heterocycles. The fourth-order valence-corrected chi connectivity index (χ4v) is 1.58. The largest absolute Gasteiger partial charge is 0.412 e. The van der Waals surface area contributed by atoms with Gasteiger partial charge in [-0.1, -0.05) is 57.4 Å². The molecule has 6 heteroatoms. The molecule has 0 aliphatic rings. The van der Waals surface area contributed by atoms with Crippen LogP contribution in [0.5, 0.6) is 0 Å². The maximum Gasteiger partial charge on any atom is 0.412 e. The highest BCUT2D eigenvalue weighted by Crippen LogP contribution is 2.25. The molecule has 0 amide bonds. The Morgan fingerprint density at radius 2 is 1.88 bits per heavy atom. The monoisotopic (exact) mass is 339 g/mol. The molecule has 1 aromatic heterocycles. The van der Waals surface area contributed by atoms with Gasteiger partial charge in [-0.05, 0) is 25.0 Å². The molecule has 0 radical (unpaired) electrons. The van der Waals surface area contributed by atoms with Crippen molar-refractivity contribution < 1.29 is 13.2 Å². The summed E-state index contributed by atoms with van der Waals surface area (Å²) in [4.78, 5) is 0. The Hall–Kier alpha value is -2.50. The number of nitrogen functional groups attached to an aromatic ring is 1. The summed E-state index contributed by atoms with van der Waals surface area (Å²) < 4.78 is 37.2. The SMILES string of the molecule is C=C/C(=C\C=C(/C)C(F)(F)F)C/C=C\c1[nH]nc(N)c1C=C.CC. The molecule has 0 fully saturated rings. The van der Waals surface area contributed by atoms with Crippen LogP contribution in [0, 0.1) is 0 Å². The van der Waals surface area contributed by atoms with Crippen LogP contribution in [0.25, 0.3) is 12.2 Å². The van der Waals surface area contributed by atoms with Crippen LogP contribution in [-0.4, -0.2) is 16.4 Å². The predicted octanol–water partition coefficient (Wildman–Crippen LogP) is 5.69. The second-order valence-corrected chi connectivity index (χ2v) is 4.54. The fourth-order valence-electron chi connectivity index (χ4n) is 1.58. The van der Waals surface area contributed by atoms with Crippen molar-refractivity contribution in [1.29, 1.82) is 0 Å². The van der Waals surface area contributed by atoms with E-state index in [2.05, 4.69) is 23.4 Å². The zero-order valence-electron chi connectivity index (χ0n) is 14.2. The first-order valence-corrected chi connectivity index (χ1v) is 7.49. The van der Waals surface area contributed by atoms with E-state index in [1.54, 1.807) is 18.2 Å². The summed E-state index contributed by atoms with van der Waals surface area (Å²) in [5.41, 5.74) is 7.02. The van der Waals surface area contributed by atoms with Crippen LogP contribution in [0.1, 0.15) is 38.4 Å². The molecule has 24 heavy (non-hydrogen) atoms. The van der Waals surface area contributed by atoms with Crippen molar-refractivity contribution in [2.45, 2.75) is 33.4 Å². The van der Waals surface area contributed by atoms with E-state index in [0.717, 1.165) is 13.0 Å². The van der Waals surface area contributed by atoms with Crippen molar-refractivity contribution in [1.82, 2.24) is 10.2 Å². The maximum atomic E-state index is 12.4. The lowest BCUT2D eigenvalue weighted by Gasteiger charge is -2.04. The van der Waals surface area contributed by atoms with Gasteiger partial charge in [0.25, 0.3) is 0 Å². The third-order valence-electron chi connectivity index (χ3n) is 2.96. The van der Waals surface area contributed by atoms with E-state index in [1.165, 1.54) is 12.2 Å². The predicted molar refractivity (Wildman–Crippen MR) is 96.2 cm³/mol. The molecule has 0 spiro atoms. The van der Waals surface area contributed by atoms with E-state index in [9.17, 15) is 13.2 Å². The minimum absolute atomic E-state index is 0.345. The lowest BCUT2D eigenvalue weighted by Crippen LogP contribution is -2.08. The number of aromatic nitrogens is 2. The average Bonchev–Trinajstić information content (AvgIpc) is 2.91. The fraction of sp³-hybridized carbons (Fsp3) is 0.278. The van der Waals surface area contributed by atoms with Crippen LogP contribution in [0.4, 0.5) is 19.0 Å². The number of alkyl halides is 3. The molecule has 0 aliphatic carbocycles. The Labute approximate surface area is 141 Å². The number of halogens is 3. The lowest BCUT2D eigenvalue weighted by atomic mass is 10.1. The third kappa shape index (κ3) is 6.73. The summed E-state index contributed by atoms with van der Waals surface area (Å²) in [5, 5.41) is 6.60. The minimum atomic E-state index is -4.31. The number of H-pyrrole nitrogens is 1. The summed E-state index contributed by atoms with van der Waals surface area (Å²) in [5.74, 6) is 0.345. The Bertz CT molecular complexity index is 632. The van der Waals surface area contributed by atoms with Crippen LogP contribution in [0.3, 0.4) is 0 Å². The number of nitrogens with one attached hydrogen (secondary N) is 1. The summed E-state index contributed by atoms with van der Waals surface area (Å²) in [7, 11) is 0. The lowest BCUT2D eigenvalue weighted by molar-refractivity contribution is -0.0912. The second kappa shape index (κ2) is 10.3. The van der Waals surface area contributed by atoms with E-state index in [1.807, 2.05) is 13.8 Å². The molecular weight excluding hydrogens is 315 g/mol. The molecule has 0 unspecified atom stereocenters. The van der Waals surface area contributed by atoms with E-state index >= 15 is 0 Å². The summed E-state index contributed by atoms with van der Waals surface area (Å²) in [6, 6.07) is 0. The van der Waals surface area contributed by atoms with Gasteiger partial charge in [-0.2, -0.15) is 18.3 Å². The first-order chi connectivity index (χ1) is 11.3. The number of nitrogens with two attached hydrogens (primary N) is 1. The molecule has 3 nitrogen and oxygen atoms in total. The van der Waals surface area contributed by atoms with Gasteiger partial charge in [0.2, 0.25) is 0 Å². The molecule has 3 N–H and O–H groups in total. The van der Waals surface area contributed by atoms with Gasteiger partial charge in [-0.3, -0.25) is 5.10 Å². The van der Waals surface area contributed by atoms with Gasteiger partial charge in [0, 0.05) is 11.1 Å². The highest BCUT2D eigenvalue weighted by Gasteiger charge is 2.29. The number of allylic oxidation sites excluding steroid dienone is 6. The molecule has 0 atom stereocenters. The van der Waals surface area contributed by atoms with Crippen molar-refractivity contribution in [3.63, 3.8) is 0 Å². The van der Waals surface area contributed by atoms with Crippen molar-refractivity contribution in [3.8, 4) is 0 Å². The Kier molecular flexibility index (Phi) is 9.23. The van der Waals surface area contributed by atoms with E-state index in [4.69, 9.17) is 5.73 Å². The van der Waals surface area contributed by atoms with Crippen LogP contribution >= 0.6 is 0 Å².